The summed E-state index contributed by atoms with van der Waals surface area (Å²) in [6.07, 6.45) is 0. The number of carboxylic acid groups (broad SMARTS) is 1. The summed E-state index contributed by atoms with van der Waals surface area (Å²) in [6.45, 7) is 1.24. The van der Waals surface area contributed by atoms with Gasteiger partial charge in [-0.3, -0.25) is 4.79 Å². The predicted octanol–water partition coefficient (Wildman–Crippen LogP) is 1.15. The van der Waals surface area contributed by atoms with Crippen LogP contribution in [0.1, 0.15) is 6.92 Å². The highest BCUT2D eigenvalue weighted by Gasteiger charge is 2.24. The number of aliphatic carboxylic acids is 1. The van der Waals surface area contributed by atoms with Crippen LogP contribution in [0.2, 0.25) is 5.02 Å². The van der Waals surface area contributed by atoms with Crippen molar-refractivity contribution < 1.29 is 18.3 Å². The first-order chi connectivity index (χ1) is 6.84. The third kappa shape index (κ3) is 2.91. The summed E-state index contributed by atoms with van der Waals surface area (Å²) in [7, 11) is -3.84. The van der Waals surface area contributed by atoms with Gasteiger partial charge in [0.25, 0.3) is 10.0 Å². The SMILES string of the molecule is CC(NS(=O)(=O)c1sccc1Cl)C(=O)O. The summed E-state index contributed by atoms with van der Waals surface area (Å²) in [4.78, 5) is 10.5. The van der Waals surface area contributed by atoms with Gasteiger partial charge in [-0.05, 0) is 18.4 Å². The lowest BCUT2D eigenvalue weighted by Crippen LogP contribution is -2.38. The van der Waals surface area contributed by atoms with Gasteiger partial charge in [-0.15, -0.1) is 11.3 Å². The van der Waals surface area contributed by atoms with E-state index in [9.17, 15) is 13.2 Å². The van der Waals surface area contributed by atoms with Crippen LogP contribution >= 0.6 is 22.9 Å². The molecule has 0 amide bonds. The molecule has 0 aromatic carbocycles. The standard InChI is InChI=1S/C7H8ClNO4S2/c1-4(6(10)11)9-15(12,13)7-5(8)2-3-14-7/h2-4,9H,1H3,(H,10,11). The predicted molar refractivity (Wildman–Crippen MR) is 56.7 cm³/mol. The van der Waals surface area contributed by atoms with Gasteiger partial charge in [0.1, 0.15) is 6.04 Å². The molecule has 0 spiro atoms. The van der Waals surface area contributed by atoms with Gasteiger partial charge in [-0.1, -0.05) is 11.6 Å². The quantitative estimate of drug-likeness (QED) is 0.859. The lowest BCUT2D eigenvalue weighted by Gasteiger charge is -2.08. The first-order valence-electron chi connectivity index (χ1n) is 3.82. The van der Waals surface area contributed by atoms with Crippen LogP contribution in [-0.2, 0) is 14.8 Å². The van der Waals surface area contributed by atoms with Gasteiger partial charge >= 0.3 is 5.97 Å². The normalized spacial score (nSPS) is 13.7. The zero-order chi connectivity index (χ0) is 11.6. The zero-order valence-electron chi connectivity index (χ0n) is 7.60. The van der Waals surface area contributed by atoms with E-state index >= 15 is 0 Å². The summed E-state index contributed by atoms with van der Waals surface area (Å²) >= 11 is 6.57. The molecular formula is C7H8ClNO4S2. The van der Waals surface area contributed by atoms with Gasteiger partial charge in [0.05, 0.1) is 5.02 Å². The van der Waals surface area contributed by atoms with Crippen molar-refractivity contribution in [2.24, 2.45) is 0 Å². The average molecular weight is 270 g/mol. The third-order valence-corrected chi connectivity index (χ3v) is 5.09. The highest BCUT2D eigenvalue weighted by Crippen LogP contribution is 2.26. The maximum Gasteiger partial charge on any atom is 0.321 e. The Morgan fingerprint density at radius 3 is 2.67 bits per heavy atom. The highest BCUT2D eigenvalue weighted by atomic mass is 35.5. The van der Waals surface area contributed by atoms with E-state index in [0.717, 1.165) is 11.3 Å². The lowest BCUT2D eigenvalue weighted by molar-refractivity contribution is -0.138. The number of carboxylic acids is 1. The van der Waals surface area contributed by atoms with Crippen LogP contribution in [0.25, 0.3) is 0 Å². The minimum Gasteiger partial charge on any atom is -0.480 e. The molecule has 0 fully saturated rings. The van der Waals surface area contributed by atoms with Crippen LogP contribution in [-0.4, -0.2) is 25.5 Å². The summed E-state index contributed by atoms with van der Waals surface area (Å²) in [5, 5.41) is 10.2. The molecule has 0 saturated carbocycles. The average Bonchev–Trinajstić information content (AvgIpc) is 2.50. The van der Waals surface area contributed by atoms with E-state index in [1.54, 1.807) is 0 Å². The van der Waals surface area contributed by atoms with E-state index in [-0.39, 0.29) is 9.23 Å². The van der Waals surface area contributed by atoms with Crippen molar-refractivity contribution in [3.05, 3.63) is 16.5 Å². The molecule has 8 heteroatoms. The molecule has 1 aromatic rings. The van der Waals surface area contributed by atoms with Gasteiger partial charge < -0.3 is 5.11 Å². The number of hydrogen-bond donors (Lipinski definition) is 2. The molecule has 0 saturated heterocycles. The second-order valence-electron chi connectivity index (χ2n) is 2.74. The van der Waals surface area contributed by atoms with E-state index in [2.05, 4.69) is 0 Å². The second-order valence-corrected chi connectivity index (χ2v) is 5.97. The molecule has 15 heavy (non-hydrogen) atoms. The van der Waals surface area contributed by atoms with Gasteiger partial charge in [0.2, 0.25) is 0 Å². The number of hydrogen-bond acceptors (Lipinski definition) is 4. The molecule has 5 nitrogen and oxygen atoms in total. The highest BCUT2D eigenvalue weighted by molar-refractivity contribution is 7.91. The largest absolute Gasteiger partial charge is 0.480 e. The molecule has 1 heterocycles. The minimum absolute atomic E-state index is 0.0720. The number of rotatable bonds is 4. The van der Waals surface area contributed by atoms with Gasteiger partial charge in [-0.25, -0.2) is 8.42 Å². The van der Waals surface area contributed by atoms with E-state index in [0.29, 0.717) is 0 Å². The van der Waals surface area contributed by atoms with Crippen molar-refractivity contribution in [1.29, 1.82) is 0 Å². The smallest absolute Gasteiger partial charge is 0.321 e. The fourth-order valence-electron chi connectivity index (χ4n) is 0.808. The number of carbonyl (C=O) groups is 1. The molecule has 84 valence electrons. The number of thiophene rings is 1. The monoisotopic (exact) mass is 269 g/mol. The van der Waals surface area contributed by atoms with Crippen LogP contribution in [0, 0.1) is 0 Å². The van der Waals surface area contributed by atoms with Crippen LogP contribution in [0.4, 0.5) is 0 Å². The number of sulfonamides is 1. The van der Waals surface area contributed by atoms with Crippen molar-refractivity contribution in [2.75, 3.05) is 0 Å². The van der Waals surface area contributed by atoms with Crippen molar-refractivity contribution >= 4 is 38.9 Å². The van der Waals surface area contributed by atoms with Crippen LogP contribution in [0.15, 0.2) is 15.7 Å². The maximum atomic E-state index is 11.6. The summed E-state index contributed by atoms with van der Waals surface area (Å²) in [5.74, 6) is -1.24. The Morgan fingerprint density at radius 2 is 2.27 bits per heavy atom. The molecule has 1 aromatic heterocycles. The molecule has 1 atom stereocenters. The Kier molecular flexibility index (Phi) is 3.72. The van der Waals surface area contributed by atoms with Crippen molar-refractivity contribution in [1.82, 2.24) is 4.72 Å². The summed E-state index contributed by atoms with van der Waals surface area (Å²) in [5.41, 5.74) is 0. The first-order valence-corrected chi connectivity index (χ1v) is 6.57. The van der Waals surface area contributed by atoms with E-state index in [1.807, 2.05) is 4.72 Å². The van der Waals surface area contributed by atoms with E-state index < -0.39 is 22.0 Å². The minimum atomic E-state index is -3.84. The summed E-state index contributed by atoms with van der Waals surface area (Å²) < 4.78 is 25.1. The lowest BCUT2D eigenvalue weighted by atomic mass is 10.4. The van der Waals surface area contributed by atoms with Gasteiger partial charge in [-0.2, -0.15) is 4.72 Å². The molecular weight excluding hydrogens is 262 g/mol. The van der Waals surface area contributed by atoms with Crippen LogP contribution in [0.5, 0.6) is 0 Å². The first kappa shape index (κ1) is 12.4. The number of nitrogens with one attached hydrogen (secondary N) is 1. The molecule has 0 aliphatic rings. The zero-order valence-corrected chi connectivity index (χ0v) is 9.99. The van der Waals surface area contributed by atoms with E-state index in [1.165, 1.54) is 18.4 Å². The molecule has 0 radical (unpaired) electrons. The number of halogens is 1. The third-order valence-electron chi connectivity index (χ3n) is 1.53. The van der Waals surface area contributed by atoms with Gasteiger partial charge in [0.15, 0.2) is 4.21 Å². The summed E-state index contributed by atoms with van der Waals surface area (Å²) in [6, 6.07) is 0.250. The Bertz CT molecular complexity index is 467. The molecule has 1 rings (SSSR count). The Morgan fingerprint density at radius 1 is 1.67 bits per heavy atom. The van der Waals surface area contributed by atoms with Crippen molar-refractivity contribution in [3.63, 3.8) is 0 Å². The van der Waals surface area contributed by atoms with Gasteiger partial charge in [0, 0.05) is 0 Å². The Balaban J connectivity index is 2.96. The fourth-order valence-corrected chi connectivity index (χ4v) is 3.71. The van der Waals surface area contributed by atoms with Crippen LogP contribution in [0.3, 0.4) is 0 Å². The van der Waals surface area contributed by atoms with Crippen LogP contribution < -0.4 is 4.72 Å². The molecule has 2 N–H and O–H groups in total. The fraction of sp³-hybridized carbons (Fsp3) is 0.286. The molecule has 1 unspecified atom stereocenters. The van der Waals surface area contributed by atoms with Crippen molar-refractivity contribution in [2.45, 2.75) is 17.2 Å². The molecule has 0 bridgehead atoms. The Hall–Kier alpha value is -0.630. The Labute approximate surface area is 95.7 Å². The van der Waals surface area contributed by atoms with E-state index in [4.69, 9.17) is 16.7 Å². The molecule has 0 aliphatic carbocycles. The topological polar surface area (TPSA) is 83.5 Å². The van der Waals surface area contributed by atoms with Crippen molar-refractivity contribution in [3.8, 4) is 0 Å². The second kappa shape index (κ2) is 4.48. The maximum absolute atomic E-state index is 11.6. The molecule has 0 aliphatic heterocycles.